The van der Waals surface area contributed by atoms with Gasteiger partial charge in [-0.05, 0) is 18.6 Å². The maximum Gasteiger partial charge on any atom is 0.296 e. The van der Waals surface area contributed by atoms with Gasteiger partial charge in [0.2, 0.25) is 0 Å². The number of benzene rings is 1. The summed E-state index contributed by atoms with van der Waals surface area (Å²) in [5, 5.41) is 4.68. The minimum Gasteiger partial charge on any atom is -0.268 e. The van der Waals surface area contributed by atoms with Gasteiger partial charge < -0.3 is 0 Å². The lowest BCUT2D eigenvalue weighted by Gasteiger charge is -2.05. The first-order valence-corrected chi connectivity index (χ1v) is 5.00. The van der Waals surface area contributed by atoms with Gasteiger partial charge >= 0.3 is 0 Å². The predicted molar refractivity (Wildman–Crippen MR) is 47.9 cm³/mol. The van der Waals surface area contributed by atoms with E-state index in [4.69, 9.17) is 0 Å². The molecule has 13 heavy (non-hydrogen) atoms. The summed E-state index contributed by atoms with van der Waals surface area (Å²) in [7, 11) is -3.91. The number of rotatable bonds is 2. The lowest BCUT2D eigenvalue weighted by molar-refractivity contribution is 0.599. The highest BCUT2D eigenvalue weighted by atomic mass is 32.2. The summed E-state index contributed by atoms with van der Waals surface area (Å²) in [6, 6.07) is 4.36. The molecule has 0 unspecified atom stereocenters. The maximum atomic E-state index is 13.1. The van der Waals surface area contributed by atoms with E-state index in [0.29, 0.717) is 5.56 Å². The molecule has 0 atom stereocenters. The van der Waals surface area contributed by atoms with Crippen molar-refractivity contribution in [1.29, 1.82) is 0 Å². The first-order valence-electron chi connectivity index (χ1n) is 3.46. The molecule has 0 saturated carbocycles. The zero-order valence-corrected chi connectivity index (χ0v) is 7.73. The van der Waals surface area contributed by atoms with Crippen LogP contribution in [0, 0.1) is 12.7 Å². The number of nitrogens with one attached hydrogen (secondary N) is 1. The molecule has 0 saturated heterocycles. The monoisotopic (exact) mass is 204 g/mol. The Labute approximate surface area is 75.7 Å². The summed E-state index contributed by atoms with van der Waals surface area (Å²) in [4.78, 5) is 0. The molecule has 4 nitrogen and oxygen atoms in total. The van der Waals surface area contributed by atoms with Crippen LogP contribution < -0.4 is 9.86 Å². The van der Waals surface area contributed by atoms with Gasteiger partial charge in [-0.1, -0.05) is 12.1 Å². The fourth-order valence-corrected chi connectivity index (χ4v) is 1.34. The number of aryl methyl sites for hydroxylation is 1. The van der Waals surface area contributed by atoms with Crippen molar-refractivity contribution in [3.63, 3.8) is 0 Å². The molecule has 0 spiro atoms. The Morgan fingerprint density at radius 2 is 2.08 bits per heavy atom. The average Bonchev–Trinajstić information content (AvgIpc) is 1.96. The fourth-order valence-electron chi connectivity index (χ4n) is 0.880. The Kier molecular flexibility index (Phi) is 2.53. The molecule has 0 aliphatic heterocycles. The van der Waals surface area contributed by atoms with E-state index in [1.54, 1.807) is 0 Å². The molecule has 72 valence electrons. The van der Waals surface area contributed by atoms with E-state index >= 15 is 0 Å². The van der Waals surface area contributed by atoms with Crippen molar-refractivity contribution >= 4 is 15.9 Å². The fraction of sp³-hybridized carbons (Fsp3) is 0.143. The Bertz CT molecular complexity index is 417. The molecule has 0 heterocycles. The smallest absolute Gasteiger partial charge is 0.268 e. The van der Waals surface area contributed by atoms with Crippen molar-refractivity contribution in [2.45, 2.75) is 6.92 Å². The van der Waals surface area contributed by atoms with Crippen molar-refractivity contribution in [2.24, 2.45) is 5.14 Å². The van der Waals surface area contributed by atoms with Gasteiger partial charge in [-0.2, -0.15) is 8.42 Å². The third-order valence-electron chi connectivity index (χ3n) is 1.44. The first kappa shape index (κ1) is 9.94. The van der Waals surface area contributed by atoms with Crippen LogP contribution >= 0.6 is 0 Å². The van der Waals surface area contributed by atoms with Crippen LogP contribution in [0.1, 0.15) is 5.56 Å². The van der Waals surface area contributed by atoms with Crippen molar-refractivity contribution < 1.29 is 12.8 Å². The summed E-state index contributed by atoms with van der Waals surface area (Å²) >= 11 is 0. The van der Waals surface area contributed by atoms with Gasteiger partial charge in [0.1, 0.15) is 5.82 Å². The van der Waals surface area contributed by atoms with Gasteiger partial charge in [-0.25, -0.2) is 9.53 Å². The minimum absolute atomic E-state index is 0.137. The van der Waals surface area contributed by atoms with E-state index in [9.17, 15) is 12.8 Å². The minimum atomic E-state index is -3.91. The van der Waals surface area contributed by atoms with Gasteiger partial charge in [0.15, 0.2) is 0 Å². The van der Waals surface area contributed by atoms with Gasteiger partial charge in [-0.3, -0.25) is 4.72 Å². The summed E-state index contributed by atoms with van der Waals surface area (Å²) in [6.45, 7) is 1.53. The van der Waals surface area contributed by atoms with Crippen molar-refractivity contribution in [2.75, 3.05) is 4.72 Å². The molecular formula is C7H9FN2O2S. The standard InChI is InChI=1S/C7H9FN2O2S/c1-5-3-2-4-6(7(5)8)10-13(9,11)12/h2-4,10H,1H3,(H2,9,11,12). The summed E-state index contributed by atoms with van der Waals surface area (Å²) in [6.07, 6.45) is 0. The second-order valence-corrected chi connectivity index (χ2v) is 3.88. The molecule has 6 heteroatoms. The molecule has 1 aromatic carbocycles. The number of hydrogen-bond donors (Lipinski definition) is 2. The zero-order valence-electron chi connectivity index (χ0n) is 6.91. The van der Waals surface area contributed by atoms with Gasteiger partial charge in [0.25, 0.3) is 10.2 Å². The quantitative estimate of drug-likeness (QED) is 0.746. The Morgan fingerprint density at radius 3 is 2.62 bits per heavy atom. The number of hydrogen-bond acceptors (Lipinski definition) is 2. The van der Waals surface area contributed by atoms with Crippen LogP contribution in [0.3, 0.4) is 0 Å². The molecule has 0 bridgehead atoms. The second kappa shape index (κ2) is 3.31. The molecule has 0 radical (unpaired) electrons. The van der Waals surface area contributed by atoms with Crippen LogP contribution in [0.5, 0.6) is 0 Å². The van der Waals surface area contributed by atoms with Crippen molar-refractivity contribution in [1.82, 2.24) is 0 Å². The molecule has 1 rings (SSSR count). The maximum absolute atomic E-state index is 13.1. The zero-order chi connectivity index (χ0) is 10.1. The van der Waals surface area contributed by atoms with Crippen molar-refractivity contribution in [3.05, 3.63) is 29.6 Å². The van der Waals surface area contributed by atoms with Gasteiger partial charge in [-0.15, -0.1) is 0 Å². The molecular weight excluding hydrogens is 195 g/mol. The highest BCUT2D eigenvalue weighted by Gasteiger charge is 2.08. The van der Waals surface area contributed by atoms with E-state index in [1.807, 2.05) is 4.72 Å². The van der Waals surface area contributed by atoms with Crippen LogP contribution in [0.15, 0.2) is 18.2 Å². The predicted octanol–water partition coefficient (Wildman–Crippen LogP) is 0.750. The number of nitrogens with two attached hydrogens (primary N) is 1. The van der Waals surface area contributed by atoms with Crippen LogP contribution in [0.25, 0.3) is 0 Å². The van der Waals surface area contributed by atoms with Crippen LogP contribution in [0.4, 0.5) is 10.1 Å². The third-order valence-corrected chi connectivity index (χ3v) is 1.95. The largest absolute Gasteiger partial charge is 0.296 e. The Balaban J connectivity index is 3.10. The van der Waals surface area contributed by atoms with Crippen LogP contribution in [0.2, 0.25) is 0 Å². The third kappa shape index (κ3) is 2.67. The van der Waals surface area contributed by atoms with Crippen LogP contribution in [-0.4, -0.2) is 8.42 Å². The summed E-state index contributed by atoms with van der Waals surface area (Å²) in [5.41, 5.74) is 0.219. The Morgan fingerprint density at radius 1 is 1.46 bits per heavy atom. The number of halogens is 1. The first-order chi connectivity index (χ1) is 5.90. The molecule has 1 aromatic rings. The molecule has 0 aromatic heterocycles. The van der Waals surface area contributed by atoms with Gasteiger partial charge in [0.05, 0.1) is 5.69 Å². The van der Waals surface area contributed by atoms with E-state index in [2.05, 4.69) is 5.14 Å². The second-order valence-electron chi connectivity index (χ2n) is 2.58. The highest BCUT2D eigenvalue weighted by Crippen LogP contribution is 2.17. The normalized spacial score (nSPS) is 11.3. The number of anilines is 1. The van der Waals surface area contributed by atoms with E-state index in [0.717, 1.165) is 0 Å². The topological polar surface area (TPSA) is 72.2 Å². The molecule has 0 aliphatic rings. The molecule has 3 N–H and O–H groups in total. The average molecular weight is 204 g/mol. The molecule has 0 fully saturated rings. The van der Waals surface area contributed by atoms with E-state index in [-0.39, 0.29) is 5.69 Å². The highest BCUT2D eigenvalue weighted by molar-refractivity contribution is 7.90. The molecule has 0 aliphatic carbocycles. The van der Waals surface area contributed by atoms with Crippen LogP contribution in [-0.2, 0) is 10.2 Å². The van der Waals surface area contributed by atoms with E-state index < -0.39 is 16.0 Å². The Hall–Kier alpha value is -1.14. The van der Waals surface area contributed by atoms with Crippen molar-refractivity contribution in [3.8, 4) is 0 Å². The summed E-state index contributed by atoms with van der Waals surface area (Å²) < 4.78 is 36.1. The lowest BCUT2D eigenvalue weighted by atomic mass is 10.2. The molecule has 0 amide bonds. The van der Waals surface area contributed by atoms with Gasteiger partial charge in [0, 0.05) is 0 Å². The lowest BCUT2D eigenvalue weighted by Crippen LogP contribution is -2.22. The summed E-state index contributed by atoms with van der Waals surface area (Å²) in [5.74, 6) is -0.614. The van der Waals surface area contributed by atoms with E-state index in [1.165, 1.54) is 25.1 Å². The SMILES string of the molecule is Cc1cccc(NS(N)(=O)=O)c1F.